The van der Waals surface area contributed by atoms with E-state index in [1.807, 2.05) is 44.5 Å². The van der Waals surface area contributed by atoms with E-state index in [1.165, 1.54) is 4.68 Å². The van der Waals surface area contributed by atoms with E-state index in [9.17, 15) is 0 Å². The fraction of sp³-hybridized carbons (Fsp3) is 0.263. The lowest BCUT2D eigenvalue weighted by Gasteiger charge is -2.07. The van der Waals surface area contributed by atoms with Gasteiger partial charge >= 0.3 is 0 Å². The fourth-order valence-corrected chi connectivity index (χ4v) is 2.98. The number of rotatable bonds is 5. The summed E-state index contributed by atoms with van der Waals surface area (Å²) in [6.45, 7) is 6.21. The number of benzene rings is 1. The van der Waals surface area contributed by atoms with E-state index in [2.05, 4.69) is 27.4 Å². The molecule has 0 unspecified atom stereocenters. The summed E-state index contributed by atoms with van der Waals surface area (Å²) in [6.07, 6.45) is 1.67. The number of ether oxygens (including phenoxy) is 1. The van der Waals surface area contributed by atoms with E-state index in [0.29, 0.717) is 16.3 Å². The Morgan fingerprint density at radius 3 is 2.59 bits per heavy atom. The first-order chi connectivity index (χ1) is 12.9. The molecule has 1 aromatic carbocycles. The zero-order chi connectivity index (χ0) is 19.6. The number of hydrogen-bond acceptors (Lipinski definition) is 5. The van der Waals surface area contributed by atoms with Crippen LogP contribution in [0.2, 0.25) is 0 Å². The van der Waals surface area contributed by atoms with Crippen molar-refractivity contribution in [3.8, 4) is 11.8 Å². The second-order valence-electron chi connectivity index (χ2n) is 6.35. The first-order valence-corrected chi connectivity index (χ1v) is 8.78. The van der Waals surface area contributed by atoms with E-state index in [0.717, 1.165) is 28.1 Å². The highest BCUT2D eigenvalue weighted by molar-refractivity contribution is 7.71. The van der Waals surface area contributed by atoms with Crippen molar-refractivity contribution in [1.82, 2.24) is 19.4 Å². The molecular weight excluding hydrogens is 360 g/mol. The van der Waals surface area contributed by atoms with Crippen LogP contribution in [0.3, 0.4) is 0 Å². The SMILES string of the molecule is Cc1cc(C)cc(OCc2n[nH]c(=S)n2/N=C\c2cc(C#N)n(C)c2C)c1. The van der Waals surface area contributed by atoms with Crippen molar-refractivity contribution in [3.63, 3.8) is 0 Å². The molecule has 1 N–H and O–H groups in total. The number of aryl methyl sites for hydroxylation is 2. The maximum Gasteiger partial charge on any atom is 0.216 e. The van der Waals surface area contributed by atoms with Gasteiger partial charge in [0.15, 0.2) is 5.82 Å². The lowest BCUT2D eigenvalue weighted by Crippen LogP contribution is -2.04. The first kappa shape index (κ1) is 18.6. The van der Waals surface area contributed by atoms with Gasteiger partial charge in [0.25, 0.3) is 0 Å². The van der Waals surface area contributed by atoms with Gasteiger partial charge in [-0.25, -0.2) is 5.10 Å². The zero-order valence-electron chi connectivity index (χ0n) is 15.6. The smallest absolute Gasteiger partial charge is 0.216 e. The Bertz CT molecular complexity index is 1090. The number of H-pyrrole nitrogens is 1. The molecule has 0 amide bonds. The number of hydrogen-bond donors (Lipinski definition) is 1. The maximum absolute atomic E-state index is 9.15. The van der Waals surface area contributed by atoms with Crippen LogP contribution < -0.4 is 4.74 Å². The number of aromatic amines is 1. The van der Waals surface area contributed by atoms with Gasteiger partial charge in [0, 0.05) is 18.3 Å². The second-order valence-corrected chi connectivity index (χ2v) is 6.74. The van der Waals surface area contributed by atoms with Crippen LogP contribution in [-0.2, 0) is 13.7 Å². The fourth-order valence-electron chi connectivity index (χ4n) is 2.78. The van der Waals surface area contributed by atoms with Gasteiger partial charge in [-0.3, -0.25) is 0 Å². The van der Waals surface area contributed by atoms with Crippen molar-refractivity contribution in [1.29, 1.82) is 5.26 Å². The van der Waals surface area contributed by atoms with Crippen LogP contribution in [0, 0.1) is 36.9 Å². The van der Waals surface area contributed by atoms with Crippen LogP contribution in [0.15, 0.2) is 29.4 Å². The van der Waals surface area contributed by atoms with Gasteiger partial charge in [-0.2, -0.15) is 20.1 Å². The minimum atomic E-state index is 0.227. The topological polar surface area (TPSA) is 83.9 Å². The predicted molar refractivity (Wildman–Crippen MR) is 106 cm³/mol. The largest absolute Gasteiger partial charge is 0.486 e. The van der Waals surface area contributed by atoms with Crippen molar-refractivity contribution in [2.24, 2.45) is 12.1 Å². The minimum Gasteiger partial charge on any atom is -0.486 e. The third kappa shape index (κ3) is 3.99. The average molecular weight is 380 g/mol. The van der Waals surface area contributed by atoms with Crippen molar-refractivity contribution >= 4 is 18.4 Å². The van der Waals surface area contributed by atoms with Crippen molar-refractivity contribution in [2.75, 3.05) is 0 Å². The second kappa shape index (κ2) is 7.60. The first-order valence-electron chi connectivity index (χ1n) is 8.37. The van der Waals surface area contributed by atoms with Crippen LogP contribution in [0.25, 0.3) is 0 Å². The molecule has 0 aliphatic rings. The molecule has 27 heavy (non-hydrogen) atoms. The maximum atomic E-state index is 9.15. The van der Waals surface area contributed by atoms with E-state index >= 15 is 0 Å². The molecule has 0 spiro atoms. The van der Waals surface area contributed by atoms with Crippen molar-refractivity contribution in [2.45, 2.75) is 27.4 Å². The van der Waals surface area contributed by atoms with E-state index in [-0.39, 0.29) is 6.61 Å². The van der Waals surface area contributed by atoms with Crippen LogP contribution in [0.5, 0.6) is 5.75 Å². The quantitative estimate of drug-likeness (QED) is 0.542. The molecule has 0 aliphatic carbocycles. The Morgan fingerprint density at radius 1 is 1.26 bits per heavy atom. The molecule has 7 nitrogen and oxygen atoms in total. The Kier molecular flexibility index (Phi) is 5.23. The summed E-state index contributed by atoms with van der Waals surface area (Å²) in [5.41, 5.74) is 4.63. The number of nitrogens with zero attached hydrogens (tertiary/aromatic N) is 5. The van der Waals surface area contributed by atoms with Gasteiger partial charge in [0.1, 0.15) is 24.1 Å². The normalized spacial score (nSPS) is 11.1. The van der Waals surface area contributed by atoms with E-state index < -0.39 is 0 Å². The van der Waals surface area contributed by atoms with Gasteiger partial charge in [-0.15, -0.1) is 0 Å². The molecule has 138 valence electrons. The predicted octanol–water partition coefficient (Wildman–Crippen LogP) is 3.54. The number of aromatic nitrogens is 4. The lowest BCUT2D eigenvalue weighted by molar-refractivity contribution is 0.290. The van der Waals surface area contributed by atoms with Crippen molar-refractivity contribution < 1.29 is 4.74 Å². The highest BCUT2D eigenvalue weighted by atomic mass is 32.1. The summed E-state index contributed by atoms with van der Waals surface area (Å²) in [6, 6.07) is 9.97. The summed E-state index contributed by atoms with van der Waals surface area (Å²) in [5, 5.41) is 20.5. The van der Waals surface area contributed by atoms with Gasteiger partial charge in [-0.05, 0) is 62.3 Å². The average Bonchev–Trinajstić information content (AvgIpc) is 3.11. The zero-order valence-corrected chi connectivity index (χ0v) is 16.5. The monoisotopic (exact) mass is 380 g/mol. The summed E-state index contributed by atoms with van der Waals surface area (Å²) in [7, 11) is 1.85. The molecule has 2 heterocycles. The van der Waals surface area contributed by atoms with Crippen LogP contribution in [-0.4, -0.2) is 25.7 Å². The molecule has 3 aromatic rings. The number of nitrogens with one attached hydrogen (secondary N) is 1. The molecule has 0 radical (unpaired) electrons. The van der Waals surface area contributed by atoms with Crippen LogP contribution in [0.1, 0.15) is 33.9 Å². The summed E-state index contributed by atoms with van der Waals surface area (Å²) in [4.78, 5) is 0. The molecular formula is C19H20N6OS. The van der Waals surface area contributed by atoms with Gasteiger partial charge in [0.2, 0.25) is 4.77 Å². The third-order valence-corrected chi connectivity index (χ3v) is 4.55. The Labute approximate surface area is 162 Å². The summed E-state index contributed by atoms with van der Waals surface area (Å²) in [5.74, 6) is 1.33. The summed E-state index contributed by atoms with van der Waals surface area (Å²) >= 11 is 5.27. The Balaban J connectivity index is 1.83. The molecule has 8 heteroatoms. The van der Waals surface area contributed by atoms with Gasteiger partial charge < -0.3 is 9.30 Å². The number of nitriles is 1. The van der Waals surface area contributed by atoms with Crippen LogP contribution in [0.4, 0.5) is 0 Å². The van der Waals surface area contributed by atoms with E-state index in [4.69, 9.17) is 22.2 Å². The Hall–Kier alpha value is -3.18. The van der Waals surface area contributed by atoms with Crippen molar-refractivity contribution in [3.05, 3.63) is 62.9 Å². The molecule has 0 fully saturated rings. The Morgan fingerprint density at radius 2 is 1.96 bits per heavy atom. The van der Waals surface area contributed by atoms with Crippen LogP contribution >= 0.6 is 12.2 Å². The molecule has 0 bridgehead atoms. The highest BCUT2D eigenvalue weighted by Crippen LogP contribution is 2.17. The van der Waals surface area contributed by atoms with Gasteiger partial charge in [-0.1, -0.05) is 6.07 Å². The summed E-state index contributed by atoms with van der Waals surface area (Å²) < 4.78 is 9.57. The highest BCUT2D eigenvalue weighted by Gasteiger charge is 2.09. The molecule has 0 saturated carbocycles. The standard InChI is InChI=1S/C19H20N6OS/c1-12-5-13(2)7-17(6-12)26-11-18-22-23-19(27)25(18)21-10-15-8-16(9-20)24(4)14(15)3/h5-8,10H,11H2,1-4H3,(H,23,27)/b21-10-. The lowest BCUT2D eigenvalue weighted by atomic mass is 10.1. The molecule has 0 atom stereocenters. The molecule has 0 aliphatic heterocycles. The minimum absolute atomic E-state index is 0.227. The third-order valence-electron chi connectivity index (χ3n) is 4.28. The molecule has 2 aromatic heterocycles. The molecule has 0 saturated heterocycles. The molecule has 3 rings (SSSR count). The van der Waals surface area contributed by atoms with E-state index in [1.54, 1.807) is 12.3 Å². The van der Waals surface area contributed by atoms with Gasteiger partial charge in [0.05, 0.1) is 6.21 Å².